The Kier molecular flexibility index (Phi) is 4.12. The molecule has 27 heavy (non-hydrogen) atoms. The van der Waals surface area contributed by atoms with Crippen LogP contribution in [0.15, 0.2) is 72.8 Å². The van der Waals surface area contributed by atoms with Crippen LogP contribution >= 0.6 is 0 Å². The van der Waals surface area contributed by atoms with Crippen molar-refractivity contribution in [1.29, 1.82) is 0 Å². The zero-order valence-electron chi connectivity index (χ0n) is 15.8. The molecule has 0 amide bonds. The Morgan fingerprint density at radius 3 is 1.67 bits per heavy atom. The lowest BCUT2D eigenvalue weighted by molar-refractivity contribution is 0.411. The normalized spacial score (nSPS) is 20.9. The van der Waals surface area contributed by atoms with Gasteiger partial charge in [-0.1, -0.05) is 60.7 Å². The molecule has 0 saturated heterocycles. The predicted octanol–water partition coefficient (Wildman–Crippen LogP) is 5.57. The number of nitrogens with zero attached hydrogens (tertiary/aromatic N) is 1. The first-order valence-electron chi connectivity index (χ1n) is 9.92. The fraction of sp³-hybridized carbons (Fsp3) is 0.280. The summed E-state index contributed by atoms with van der Waals surface area (Å²) in [6, 6.07) is 26.4. The lowest BCUT2D eigenvalue weighted by Crippen LogP contribution is -2.37. The highest BCUT2D eigenvalue weighted by Gasteiger charge is 2.35. The quantitative estimate of drug-likeness (QED) is 0.609. The SMILES string of the molecule is COc1cc2c3c(c1)C(c1ccccc1)CCN3CCC2c1ccccc1. The smallest absolute Gasteiger partial charge is 0.119 e. The van der Waals surface area contributed by atoms with Crippen molar-refractivity contribution in [1.82, 2.24) is 0 Å². The summed E-state index contributed by atoms with van der Waals surface area (Å²) in [5, 5.41) is 0. The molecule has 0 aliphatic carbocycles. The summed E-state index contributed by atoms with van der Waals surface area (Å²) in [6.45, 7) is 2.26. The molecule has 3 aromatic carbocycles. The number of hydrogen-bond donors (Lipinski definition) is 0. The molecule has 2 nitrogen and oxygen atoms in total. The monoisotopic (exact) mass is 355 g/mol. The van der Waals surface area contributed by atoms with Crippen LogP contribution in [0.1, 0.15) is 46.9 Å². The summed E-state index contributed by atoms with van der Waals surface area (Å²) < 4.78 is 5.73. The Balaban J connectivity index is 1.69. The molecule has 0 spiro atoms. The molecule has 2 heteroatoms. The van der Waals surface area contributed by atoms with E-state index in [4.69, 9.17) is 4.74 Å². The second kappa shape index (κ2) is 6.77. The van der Waals surface area contributed by atoms with Gasteiger partial charge in [0, 0.05) is 30.6 Å². The summed E-state index contributed by atoms with van der Waals surface area (Å²) >= 11 is 0. The van der Waals surface area contributed by atoms with Gasteiger partial charge in [0.25, 0.3) is 0 Å². The summed E-state index contributed by atoms with van der Waals surface area (Å²) in [6.07, 6.45) is 2.33. The second-order valence-corrected chi connectivity index (χ2v) is 7.65. The second-order valence-electron chi connectivity index (χ2n) is 7.65. The predicted molar refractivity (Wildman–Crippen MR) is 111 cm³/mol. The van der Waals surface area contributed by atoms with E-state index in [2.05, 4.69) is 77.7 Å². The van der Waals surface area contributed by atoms with Crippen LogP contribution in [-0.4, -0.2) is 20.2 Å². The first kappa shape index (κ1) is 16.4. The van der Waals surface area contributed by atoms with Gasteiger partial charge in [-0.2, -0.15) is 0 Å². The summed E-state index contributed by atoms with van der Waals surface area (Å²) in [7, 11) is 1.78. The van der Waals surface area contributed by atoms with Gasteiger partial charge in [0.05, 0.1) is 7.11 Å². The molecule has 3 aromatic rings. The fourth-order valence-electron chi connectivity index (χ4n) is 4.95. The molecule has 2 unspecified atom stereocenters. The van der Waals surface area contributed by atoms with Gasteiger partial charge < -0.3 is 9.64 Å². The standard InChI is InChI=1S/C25H25NO/c1-27-20-16-23-21(18-8-4-2-5-9-18)12-14-26-15-13-22(24(17-20)25(23)26)19-10-6-3-7-11-19/h2-11,16-17,21-22H,12-15H2,1H3. The molecule has 136 valence electrons. The summed E-state index contributed by atoms with van der Waals surface area (Å²) in [5.41, 5.74) is 7.14. The highest BCUT2D eigenvalue weighted by atomic mass is 16.5. The van der Waals surface area contributed by atoms with Gasteiger partial charge in [0.1, 0.15) is 5.75 Å². The lowest BCUT2D eigenvalue weighted by atomic mass is 9.76. The van der Waals surface area contributed by atoms with Gasteiger partial charge in [0.15, 0.2) is 0 Å². The summed E-state index contributed by atoms with van der Waals surface area (Å²) in [4.78, 5) is 2.60. The molecule has 0 N–H and O–H groups in total. The number of hydrogen-bond acceptors (Lipinski definition) is 2. The van der Waals surface area contributed by atoms with Crippen LogP contribution in [0, 0.1) is 0 Å². The molecule has 2 atom stereocenters. The molecular weight excluding hydrogens is 330 g/mol. The van der Waals surface area contributed by atoms with Gasteiger partial charge in [-0.25, -0.2) is 0 Å². The maximum atomic E-state index is 5.73. The average Bonchev–Trinajstić information content (AvgIpc) is 2.75. The van der Waals surface area contributed by atoms with Crippen LogP contribution in [-0.2, 0) is 0 Å². The Labute approximate surface area is 161 Å². The average molecular weight is 355 g/mol. The summed E-state index contributed by atoms with van der Waals surface area (Å²) in [5.74, 6) is 1.87. The number of benzene rings is 3. The van der Waals surface area contributed by atoms with E-state index in [1.165, 1.54) is 40.8 Å². The van der Waals surface area contributed by atoms with Crippen LogP contribution in [0.4, 0.5) is 5.69 Å². The van der Waals surface area contributed by atoms with Crippen molar-refractivity contribution in [2.75, 3.05) is 25.1 Å². The van der Waals surface area contributed by atoms with Gasteiger partial charge in [-0.05, 0) is 47.2 Å². The van der Waals surface area contributed by atoms with Crippen molar-refractivity contribution in [3.63, 3.8) is 0 Å². The minimum atomic E-state index is 0.445. The van der Waals surface area contributed by atoms with Crippen molar-refractivity contribution in [2.45, 2.75) is 24.7 Å². The van der Waals surface area contributed by atoms with E-state index >= 15 is 0 Å². The van der Waals surface area contributed by atoms with Gasteiger partial charge in [0.2, 0.25) is 0 Å². The van der Waals surface area contributed by atoms with Crippen molar-refractivity contribution in [3.8, 4) is 5.75 Å². The van der Waals surface area contributed by atoms with Gasteiger partial charge >= 0.3 is 0 Å². The van der Waals surface area contributed by atoms with Crippen molar-refractivity contribution >= 4 is 5.69 Å². The molecular formula is C25H25NO. The Morgan fingerprint density at radius 1 is 0.741 bits per heavy atom. The number of rotatable bonds is 3. The third-order valence-corrected chi connectivity index (χ3v) is 6.22. The first-order chi connectivity index (χ1) is 13.3. The Bertz CT molecular complexity index is 863. The highest BCUT2D eigenvalue weighted by Crippen LogP contribution is 2.49. The molecule has 0 aromatic heterocycles. The van der Waals surface area contributed by atoms with Crippen LogP contribution in [0.25, 0.3) is 0 Å². The molecule has 0 saturated carbocycles. The maximum absolute atomic E-state index is 5.73. The molecule has 0 radical (unpaired) electrons. The van der Waals surface area contributed by atoms with Crippen molar-refractivity contribution in [2.24, 2.45) is 0 Å². The first-order valence-corrected chi connectivity index (χ1v) is 9.92. The van der Waals surface area contributed by atoms with Crippen LogP contribution < -0.4 is 9.64 Å². The largest absolute Gasteiger partial charge is 0.497 e. The number of methoxy groups -OCH3 is 1. The van der Waals surface area contributed by atoms with E-state index in [0.29, 0.717) is 11.8 Å². The topological polar surface area (TPSA) is 12.5 Å². The third kappa shape index (κ3) is 2.80. The van der Waals surface area contributed by atoms with Crippen molar-refractivity contribution < 1.29 is 4.74 Å². The van der Waals surface area contributed by atoms with E-state index < -0.39 is 0 Å². The van der Waals surface area contributed by atoms with E-state index in [9.17, 15) is 0 Å². The molecule has 2 aliphatic heterocycles. The third-order valence-electron chi connectivity index (χ3n) is 6.22. The number of ether oxygens (including phenoxy) is 1. The zero-order chi connectivity index (χ0) is 18.2. The minimum Gasteiger partial charge on any atom is -0.497 e. The molecule has 0 fully saturated rings. The Morgan fingerprint density at radius 2 is 1.22 bits per heavy atom. The van der Waals surface area contributed by atoms with Crippen molar-refractivity contribution in [3.05, 3.63) is 95.1 Å². The molecule has 2 aliphatic rings. The van der Waals surface area contributed by atoms with Gasteiger partial charge in [-0.3, -0.25) is 0 Å². The minimum absolute atomic E-state index is 0.445. The van der Waals surface area contributed by atoms with Crippen LogP contribution in [0.2, 0.25) is 0 Å². The van der Waals surface area contributed by atoms with E-state index in [1.807, 2.05) is 0 Å². The van der Waals surface area contributed by atoms with E-state index in [-0.39, 0.29) is 0 Å². The van der Waals surface area contributed by atoms with Crippen LogP contribution in [0.5, 0.6) is 5.75 Å². The van der Waals surface area contributed by atoms with E-state index in [1.54, 1.807) is 7.11 Å². The lowest BCUT2D eigenvalue weighted by Gasteiger charge is -2.43. The Hall–Kier alpha value is -2.74. The zero-order valence-corrected chi connectivity index (χ0v) is 15.8. The number of anilines is 1. The van der Waals surface area contributed by atoms with Gasteiger partial charge in [-0.15, -0.1) is 0 Å². The molecule has 2 heterocycles. The molecule has 0 bridgehead atoms. The van der Waals surface area contributed by atoms with E-state index in [0.717, 1.165) is 18.8 Å². The highest BCUT2D eigenvalue weighted by molar-refractivity contribution is 5.70. The van der Waals surface area contributed by atoms with Crippen LogP contribution in [0.3, 0.4) is 0 Å². The fourth-order valence-corrected chi connectivity index (χ4v) is 4.95. The maximum Gasteiger partial charge on any atom is 0.119 e. The molecule has 5 rings (SSSR count).